The van der Waals surface area contributed by atoms with Crippen LogP contribution in [0.15, 0.2) is 18.2 Å². The molecule has 0 spiro atoms. The molecule has 0 fully saturated rings. The van der Waals surface area contributed by atoms with Crippen LogP contribution in [-0.2, 0) is 4.74 Å². The van der Waals surface area contributed by atoms with Gasteiger partial charge in [0.25, 0.3) is 0 Å². The molecule has 0 saturated heterocycles. The maximum absolute atomic E-state index is 9.42. The number of hydrogen-bond acceptors (Lipinski definition) is 4. The van der Waals surface area contributed by atoms with E-state index in [0.29, 0.717) is 13.2 Å². The first-order chi connectivity index (χ1) is 7.13. The third-order valence-electron chi connectivity index (χ3n) is 2.17. The van der Waals surface area contributed by atoms with Crippen LogP contribution in [-0.4, -0.2) is 31.5 Å². The van der Waals surface area contributed by atoms with Gasteiger partial charge in [-0.1, -0.05) is 0 Å². The standard InChI is InChI=1S/C11H18N2O2/c1-8-5-9(3-4-11(8)12)13-6-10(14)7-15-2/h3-5,10,13-14H,6-7,12H2,1-2H3. The van der Waals surface area contributed by atoms with Crippen molar-refractivity contribution in [3.63, 3.8) is 0 Å². The van der Waals surface area contributed by atoms with Crippen LogP contribution in [0.4, 0.5) is 11.4 Å². The Labute approximate surface area is 90.1 Å². The number of ether oxygens (including phenoxy) is 1. The minimum atomic E-state index is -0.493. The van der Waals surface area contributed by atoms with Crippen LogP contribution < -0.4 is 11.1 Å². The predicted molar refractivity (Wildman–Crippen MR) is 62.0 cm³/mol. The van der Waals surface area contributed by atoms with Gasteiger partial charge in [0.2, 0.25) is 0 Å². The molecule has 0 radical (unpaired) electrons. The largest absolute Gasteiger partial charge is 0.399 e. The second kappa shape index (κ2) is 5.58. The lowest BCUT2D eigenvalue weighted by atomic mass is 10.2. The second-order valence-electron chi connectivity index (χ2n) is 3.56. The van der Waals surface area contributed by atoms with Crippen LogP contribution in [0.3, 0.4) is 0 Å². The molecule has 0 saturated carbocycles. The van der Waals surface area contributed by atoms with E-state index in [1.165, 1.54) is 0 Å². The van der Waals surface area contributed by atoms with Gasteiger partial charge in [0, 0.05) is 25.0 Å². The Kier molecular flexibility index (Phi) is 4.39. The first-order valence-corrected chi connectivity index (χ1v) is 4.90. The molecule has 4 heteroatoms. The Morgan fingerprint density at radius 3 is 2.87 bits per heavy atom. The van der Waals surface area contributed by atoms with Crippen LogP contribution >= 0.6 is 0 Å². The molecule has 1 unspecified atom stereocenters. The fourth-order valence-electron chi connectivity index (χ4n) is 1.27. The molecule has 1 aromatic rings. The summed E-state index contributed by atoms with van der Waals surface area (Å²) in [5, 5.41) is 12.5. The molecule has 15 heavy (non-hydrogen) atoms. The summed E-state index contributed by atoms with van der Waals surface area (Å²) in [6, 6.07) is 5.69. The number of nitrogens with two attached hydrogens (primary N) is 1. The molecular formula is C11H18N2O2. The van der Waals surface area contributed by atoms with Gasteiger partial charge < -0.3 is 20.9 Å². The van der Waals surface area contributed by atoms with Gasteiger partial charge >= 0.3 is 0 Å². The van der Waals surface area contributed by atoms with Crippen molar-refractivity contribution in [3.05, 3.63) is 23.8 Å². The Balaban J connectivity index is 2.47. The molecule has 1 aromatic carbocycles. The van der Waals surface area contributed by atoms with Gasteiger partial charge in [0.1, 0.15) is 0 Å². The van der Waals surface area contributed by atoms with Crippen molar-refractivity contribution in [3.8, 4) is 0 Å². The number of benzene rings is 1. The maximum atomic E-state index is 9.42. The smallest absolute Gasteiger partial charge is 0.0945 e. The first-order valence-electron chi connectivity index (χ1n) is 4.90. The molecule has 0 aliphatic heterocycles. The minimum absolute atomic E-state index is 0.334. The highest BCUT2D eigenvalue weighted by molar-refractivity contribution is 5.56. The third kappa shape index (κ3) is 3.77. The molecule has 0 bridgehead atoms. The maximum Gasteiger partial charge on any atom is 0.0945 e. The number of aliphatic hydroxyl groups is 1. The molecule has 4 nitrogen and oxygen atoms in total. The van der Waals surface area contributed by atoms with Crippen molar-refractivity contribution in [2.24, 2.45) is 0 Å². The Hall–Kier alpha value is -1.26. The number of aryl methyl sites for hydroxylation is 1. The zero-order valence-corrected chi connectivity index (χ0v) is 9.16. The van der Waals surface area contributed by atoms with E-state index in [1.54, 1.807) is 7.11 Å². The lowest BCUT2D eigenvalue weighted by Gasteiger charge is -2.12. The fraction of sp³-hybridized carbons (Fsp3) is 0.455. The van der Waals surface area contributed by atoms with Gasteiger partial charge in [-0.15, -0.1) is 0 Å². The average Bonchev–Trinajstić information content (AvgIpc) is 2.20. The van der Waals surface area contributed by atoms with Crippen molar-refractivity contribution in [1.29, 1.82) is 0 Å². The van der Waals surface area contributed by atoms with E-state index in [2.05, 4.69) is 5.32 Å². The molecule has 0 aliphatic carbocycles. The fourth-order valence-corrected chi connectivity index (χ4v) is 1.27. The SMILES string of the molecule is COCC(O)CNc1ccc(N)c(C)c1. The van der Waals surface area contributed by atoms with Crippen molar-refractivity contribution < 1.29 is 9.84 Å². The zero-order chi connectivity index (χ0) is 11.3. The van der Waals surface area contributed by atoms with Crippen molar-refractivity contribution in [1.82, 2.24) is 0 Å². The van der Waals surface area contributed by atoms with E-state index in [1.807, 2.05) is 25.1 Å². The monoisotopic (exact) mass is 210 g/mol. The Morgan fingerprint density at radius 2 is 2.27 bits per heavy atom. The van der Waals surface area contributed by atoms with Crippen LogP contribution in [0.5, 0.6) is 0 Å². The van der Waals surface area contributed by atoms with Gasteiger partial charge in [-0.2, -0.15) is 0 Å². The predicted octanol–water partition coefficient (Wildman–Crippen LogP) is 0.996. The number of nitrogen functional groups attached to an aromatic ring is 1. The van der Waals surface area contributed by atoms with E-state index in [-0.39, 0.29) is 0 Å². The molecule has 1 atom stereocenters. The van der Waals surface area contributed by atoms with Crippen molar-refractivity contribution in [2.45, 2.75) is 13.0 Å². The molecule has 1 rings (SSSR count). The molecule has 84 valence electrons. The minimum Gasteiger partial charge on any atom is -0.399 e. The summed E-state index contributed by atoms with van der Waals surface area (Å²) >= 11 is 0. The highest BCUT2D eigenvalue weighted by atomic mass is 16.5. The van der Waals surface area contributed by atoms with Gasteiger partial charge in [-0.3, -0.25) is 0 Å². The summed E-state index contributed by atoms with van der Waals surface area (Å²) in [7, 11) is 1.57. The number of aliphatic hydroxyl groups excluding tert-OH is 1. The average molecular weight is 210 g/mol. The van der Waals surface area contributed by atoms with Crippen LogP contribution in [0.1, 0.15) is 5.56 Å². The Morgan fingerprint density at radius 1 is 1.53 bits per heavy atom. The van der Waals surface area contributed by atoms with Gasteiger partial charge in [0.05, 0.1) is 12.7 Å². The second-order valence-corrected chi connectivity index (χ2v) is 3.56. The molecule has 0 amide bonds. The van der Waals surface area contributed by atoms with Crippen molar-refractivity contribution >= 4 is 11.4 Å². The van der Waals surface area contributed by atoms with Crippen LogP contribution in [0.25, 0.3) is 0 Å². The van der Waals surface area contributed by atoms with E-state index < -0.39 is 6.10 Å². The number of rotatable bonds is 5. The third-order valence-corrected chi connectivity index (χ3v) is 2.17. The summed E-state index contributed by atoms with van der Waals surface area (Å²) in [5.74, 6) is 0. The summed E-state index contributed by atoms with van der Waals surface area (Å²) < 4.78 is 4.82. The van der Waals surface area contributed by atoms with E-state index >= 15 is 0 Å². The van der Waals surface area contributed by atoms with Crippen molar-refractivity contribution in [2.75, 3.05) is 31.3 Å². The summed E-state index contributed by atoms with van der Waals surface area (Å²) in [4.78, 5) is 0. The first kappa shape index (κ1) is 11.8. The highest BCUT2D eigenvalue weighted by Crippen LogP contribution is 2.16. The lowest BCUT2D eigenvalue weighted by Crippen LogP contribution is -2.24. The number of anilines is 2. The van der Waals surface area contributed by atoms with E-state index in [0.717, 1.165) is 16.9 Å². The summed E-state index contributed by atoms with van der Waals surface area (Å²) in [6.07, 6.45) is -0.493. The topological polar surface area (TPSA) is 67.5 Å². The number of hydrogen-bond donors (Lipinski definition) is 3. The normalized spacial score (nSPS) is 12.5. The molecule has 0 heterocycles. The summed E-state index contributed by atoms with van der Waals surface area (Å²) in [5.41, 5.74) is 8.46. The van der Waals surface area contributed by atoms with E-state index in [9.17, 15) is 5.11 Å². The highest BCUT2D eigenvalue weighted by Gasteiger charge is 2.03. The van der Waals surface area contributed by atoms with E-state index in [4.69, 9.17) is 10.5 Å². The summed E-state index contributed by atoms with van der Waals surface area (Å²) in [6.45, 7) is 2.75. The molecule has 4 N–H and O–H groups in total. The molecular weight excluding hydrogens is 192 g/mol. The quantitative estimate of drug-likeness (QED) is 0.634. The lowest BCUT2D eigenvalue weighted by molar-refractivity contribution is 0.0727. The number of nitrogens with one attached hydrogen (secondary N) is 1. The molecule has 0 aliphatic rings. The zero-order valence-electron chi connectivity index (χ0n) is 9.16. The Bertz CT molecular complexity index is 315. The van der Waals surface area contributed by atoms with Gasteiger partial charge in [-0.05, 0) is 30.7 Å². The molecule has 0 aromatic heterocycles. The van der Waals surface area contributed by atoms with Crippen LogP contribution in [0.2, 0.25) is 0 Å². The van der Waals surface area contributed by atoms with Crippen LogP contribution in [0, 0.1) is 6.92 Å². The number of methoxy groups -OCH3 is 1. The van der Waals surface area contributed by atoms with Gasteiger partial charge in [0.15, 0.2) is 0 Å². The van der Waals surface area contributed by atoms with Gasteiger partial charge in [-0.25, -0.2) is 0 Å².